The summed E-state index contributed by atoms with van der Waals surface area (Å²) >= 11 is 0. The molecule has 5 rings (SSSR count). The summed E-state index contributed by atoms with van der Waals surface area (Å²) in [6, 6.07) is 3.89. The first-order valence-corrected chi connectivity index (χ1v) is 10.2. The van der Waals surface area contributed by atoms with Crippen LogP contribution in [0.3, 0.4) is 0 Å². The molecule has 1 spiro atoms. The predicted octanol–water partition coefficient (Wildman–Crippen LogP) is 3.02. The molecule has 0 N–H and O–H groups in total. The third kappa shape index (κ3) is 3.29. The van der Waals surface area contributed by atoms with Gasteiger partial charge in [-0.2, -0.15) is 0 Å². The van der Waals surface area contributed by atoms with Crippen LogP contribution in [-0.4, -0.2) is 65.2 Å². The number of anilines is 1. The van der Waals surface area contributed by atoms with E-state index in [2.05, 4.69) is 26.8 Å². The topological polar surface area (TPSA) is 67.3 Å². The minimum atomic E-state index is 0.466. The van der Waals surface area contributed by atoms with Gasteiger partial charge in [0, 0.05) is 37.6 Å². The van der Waals surface area contributed by atoms with E-state index in [9.17, 15) is 0 Å². The van der Waals surface area contributed by atoms with Crippen molar-refractivity contribution in [1.29, 1.82) is 0 Å². The number of rotatable bonds is 3. The molecule has 7 nitrogen and oxygen atoms in total. The van der Waals surface area contributed by atoms with Gasteiger partial charge in [0.05, 0.1) is 30.4 Å². The number of nitrogens with zero attached hydrogens (tertiary/aromatic N) is 6. The molecular formula is C22H26N6O. The molecule has 3 aromatic rings. The van der Waals surface area contributed by atoms with Crippen molar-refractivity contribution >= 4 is 16.7 Å². The van der Waals surface area contributed by atoms with E-state index in [1.807, 2.05) is 12.1 Å². The molecule has 3 aromatic heterocycles. The summed E-state index contributed by atoms with van der Waals surface area (Å²) in [5.74, 6) is 2.37. The summed E-state index contributed by atoms with van der Waals surface area (Å²) in [5.41, 5.74) is 2.23. The van der Waals surface area contributed by atoms with Crippen LogP contribution in [0.1, 0.15) is 19.3 Å². The third-order valence-corrected chi connectivity index (χ3v) is 6.46. The largest absolute Gasteiger partial charge is 0.494 e. The molecule has 5 heterocycles. The molecule has 0 radical (unpaired) electrons. The number of aromatic nitrogens is 4. The predicted molar refractivity (Wildman–Crippen MR) is 113 cm³/mol. The van der Waals surface area contributed by atoms with Gasteiger partial charge in [-0.15, -0.1) is 0 Å². The molecule has 2 aliphatic rings. The zero-order valence-electron chi connectivity index (χ0n) is 17.0. The van der Waals surface area contributed by atoms with Crippen molar-refractivity contribution in [2.75, 3.05) is 45.2 Å². The van der Waals surface area contributed by atoms with Gasteiger partial charge in [0.2, 0.25) is 0 Å². The summed E-state index contributed by atoms with van der Waals surface area (Å²) in [7, 11) is 3.91. The smallest absolute Gasteiger partial charge is 0.162 e. The first-order valence-electron chi connectivity index (χ1n) is 10.2. The maximum Gasteiger partial charge on any atom is 0.162 e. The maximum atomic E-state index is 5.63. The Labute approximate surface area is 170 Å². The lowest BCUT2D eigenvalue weighted by Gasteiger charge is -2.40. The highest BCUT2D eigenvalue weighted by molar-refractivity contribution is 5.95. The zero-order valence-corrected chi connectivity index (χ0v) is 17.0. The van der Waals surface area contributed by atoms with Crippen molar-refractivity contribution in [3.05, 3.63) is 36.9 Å². The number of fused-ring (bicyclic) bond motifs is 1. The molecule has 7 heteroatoms. The molecule has 0 saturated carbocycles. The fourth-order valence-corrected chi connectivity index (χ4v) is 4.81. The molecule has 29 heavy (non-hydrogen) atoms. The van der Waals surface area contributed by atoms with Crippen LogP contribution >= 0.6 is 0 Å². The lowest BCUT2D eigenvalue weighted by molar-refractivity contribution is 0.222. The van der Waals surface area contributed by atoms with Gasteiger partial charge in [-0.1, -0.05) is 0 Å². The van der Waals surface area contributed by atoms with Gasteiger partial charge in [0.25, 0.3) is 0 Å². The average molecular weight is 390 g/mol. The van der Waals surface area contributed by atoms with Gasteiger partial charge in [-0.25, -0.2) is 9.97 Å². The Morgan fingerprint density at radius 2 is 1.72 bits per heavy atom. The van der Waals surface area contributed by atoms with Crippen LogP contribution < -0.4 is 9.64 Å². The molecule has 0 unspecified atom stereocenters. The Hall–Kier alpha value is -2.80. The maximum absolute atomic E-state index is 5.63. The van der Waals surface area contributed by atoms with E-state index < -0.39 is 0 Å². The number of methoxy groups -OCH3 is 1. The summed E-state index contributed by atoms with van der Waals surface area (Å²) in [4.78, 5) is 23.1. The van der Waals surface area contributed by atoms with Crippen molar-refractivity contribution in [1.82, 2.24) is 24.8 Å². The molecule has 0 bridgehead atoms. The lowest BCUT2D eigenvalue weighted by atomic mass is 9.78. The quantitative estimate of drug-likeness (QED) is 0.681. The van der Waals surface area contributed by atoms with E-state index in [1.165, 1.54) is 32.4 Å². The number of ether oxygens (including phenoxy) is 1. The van der Waals surface area contributed by atoms with Crippen LogP contribution in [0.25, 0.3) is 22.3 Å². The van der Waals surface area contributed by atoms with Crippen LogP contribution in [0.4, 0.5) is 5.82 Å². The third-order valence-electron chi connectivity index (χ3n) is 6.46. The zero-order chi connectivity index (χ0) is 19.8. The van der Waals surface area contributed by atoms with Gasteiger partial charge in [-0.3, -0.25) is 9.97 Å². The Kier molecular flexibility index (Phi) is 4.54. The standard InChI is InChI=1S/C22H26N6O/c1-27-10-5-22(15-27)6-11-28(12-7-22)21-19-17(13-24-14-18(19)29-2)25-20(26-21)16-3-8-23-9-4-16/h3-4,8-9,13-14H,5-7,10-12,15H2,1-2H3. The fraction of sp³-hybridized carbons (Fsp3) is 0.455. The minimum absolute atomic E-state index is 0.466. The molecule has 2 saturated heterocycles. The SMILES string of the molecule is COc1cncc2nc(-c3ccncc3)nc(N3CCC4(CCN(C)C4)CC3)c12. The van der Waals surface area contributed by atoms with E-state index in [4.69, 9.17) is 14.7 Å². The molecule has 0 aliphatic carbocycles. The van der Waals surface area contributed by atoms with Gasteiger partial charge in [0.15, 0.2) is 5.82 Å². The summed E-state index contributed by atoms with van der Waals surface area (Å²) in [6.07, 6.45) is 10.8. The van der Waals surface area contributed by atoms with Crippen molar-refractivity contribution in [3.8, 4) is 17.1 Å². The number of piperidine rings is 1. The van der Waals surface area contributed by atoms with Crippen LogP contribution in [0, 0.1) is 5.41 Å². The van der Waals surface area contributed by atoms with E-state index >= 15 is 0 Å². The van der Waals surface area contributed by atoms with E-state index in [0.717, 1.165) is 41.1 Å². The molecule has 150 valence electrons. The van der Waals surface area contributed by atoms with Crippen LogP contribution in [0.2, 0.25) is 0 Å². The summed E-state index contributed by atoms with van der Waals surface area (Å²) in [6.45, 7) is 4.42. The van der Waals surface area contributed by atoms with Gasteiger partial charge >= 0.3 is 0 Å². The Balaban J connectivity index is 1.56. The van der Waals surface area contributed by atoms with Crippen LogP contribution in [0.15, 0.2) is 36.9 Å². The highest BCUT2D eigenvalue weighted by Gasteiger charge is 2.40. The van der Waals surface area contributed by atoms with Crippen LogP contribution in [-0.2, 0) is 0 Å². The molecule has 2 aliphatic heterocycles. The van der Waals surface area contributed by atoms with E-state index in [-0.39, 0.29) is 0 Å². The molecular weight excluding hydrogens is 364 g/mol. The van der Waals surface area contributed by atoms with Gasteiger partial charge < -0.3 is 14.5 Å². The van der Waals surface area contributed by atoms with Gasteiger partial charge in [0.1, 0.15) is 11.6 Å². The van der Waals surface area contributed by atoms with Crippen molar-refractivity contribution in [3.63, 3.8) is 0 Å². The second-order valence-electron chi connectivity index (χ2n) is 8.32. The number of likely N-dealkylation sites (tertiary alicyclic amines) is 1. The number of pyridine rings is 2. The molecule has 2 fully saturated rings. The molecule has 0 amide bonds. The van der Waals surface area contributed by atoms with E-state index in [0.29, 0.717) is 11.2 Å². The lowest BCUT2D eigenvalue weighted by Crippen LogP contribution is -2.41. The van der Waals surface area contributed by atoms with Crippen LogP contribution in [0.5, 0.6) is 5.75 Å². The first kappa shape index (κ1) is 18.2. The fourth-order valence-electron chi connectivity index (χ4n) is 4.81. The number of hydrogen-bond acceptors (Lipinski definition) is 7. The summed E-state index contributed by atoms with van der Waals surface area (Å²) in [5, 5.41) is 0.944. The highest BCUT2D eigenvalue weighted by Crippen LogP contribution is 2.42. The van der Waals surface area contributed by atoms with Crippen molar-refractivity contribution < 1.29 is 4.74 Å². The molecule has 0 atom stereocenters. The molecule has 0 aromatic carbocycles. The monoisotopic (exact) mass is 390 g/mol. The summed E-state index contributed by atoms with van der Waals surface area (Å²) < 4.78 is 5.63. The second-order valence-corrected chi connectivity index (χ2v) is 8.32. The normalized spacial score (nSPS) is 19.2. The van der Waals surface area contributed by atoms with E-state index in [1.54, 1.807) is 31.9 Å². The second kappa shape index (κ2) is 7.22. The Morgan fingerprint density at radius 1 is 0.966 bits per heavy atom. The average Bonchev–Trinajstić information content (AvgIpc) is 3.13. The van der Waals surface area contributed by atoms with Crippen molar-refractivity contribution in [2.45, 2.75) is 19.3 Å². The Bertz CT molecular complexity index is 1020. The minimum Gasteiger partial charge on any atom is -0.494 e. The number of hydrogen-bond donors (Lipinski definition) is 0. The van der Waals surface area contributed by atoms with Gasteiger partial charge in [-0.05, 0) is 50.4 Å². The highest BCUT2D eigenvalue weighted by atomic mass is 16.5. The Morgan fingerprint density at radius 3 is 2.41 bits per heavy atom. The van der Waals surface area contributed by atoms with Crippen molar-refractivity contribution in [2.24, 2.45) is 5.41 Å². The first-order chi connectivity index (χ1) is 14.2.